The topological polar surface area (TPSA) is 67.7 Å². The number of nitrogens with zero attached hydrogens (tertiary/aromatic N) is 4. The van der Waals surface area contributed by atoms with E-state index < -0.39 is 9.73 Å². The highest BCUT2D eigenvalue weighted by Gasteiger charge is 2.23. The molecular weight excluding hydrogens is 360 g/mol. The number of fused-ring (bicyclic) bond motifs is 1. The van der Waals surface area contributed by atoms with Gasteiger partial charge in [0.1, 0.15) is 5.82 Å². The Labute approximate surface area is 160 Å². The lowest BCUT2D eigenvalue weighted by molar-refractivity contribution is 0.0985. The largest absolute Gasteiger partial charge is 0.377 e. The van der Waals surface area contributed by atoms with Crippen LogP contribution in [0.3, 0.4) is 0 Å². The Hall–Kier alpha value is -2.25. The molecule has 7 heteroatoms. The Kier molecular flexibility index (Phi) is 4.74. The summed E-state index contributed by atoms with van der Waals surface area (Å²) >= 11 is 0. The maximum atomic E-state index is 12.3. The van der Waals surface area contributed by atoms with Gasteiger partial charge in [0.15, 0.2) is 11.6 Å². The highest BCUT2D eigenvalue weighted by molar-refractivity contribution is 7.92. The normalized spacial score (nSPS) is 19.2. The van der Waals surface area contributed by atoms with Crippen LogP contribution in [0.2, 0.25) is 0 Å². The van der Waals surface area contributed by atoms with Crippen LogP contribution in [0, 0.1) is 0 Å². The lowest BCUT2D eigenvalue weighted by Gasteiger charge is -2.34. The predicted molar refractivity (Wildman–Crippen MR) is 110 cm³/mol. The molecule has 1 aromatic heterocycles. The molecule has 0 unspecified atom stereocenters. The maximum Gasteiger partial charge on any atom is 0.167 e. The van der Waals surface area contributed by atoms with Crippen LogP contribution in [0.5, 0.6) is 0 Å². The molecule has 6 nitrogen and oxygen atoms in total. The van der Waals surface area contributed by atoms with Gasteiger partial charge in [-0.1, -0.05) is 30.4 Å². The van der Waals surface area contributed by atoms with Gasteiger partial charge in [-0.15, -0.1) is 0 Å². The monoisotopic (exact) mass is 384 g/mol. The van der Waals surface area contributed by atoms with Crippen molar-refractivity contribution in [3.05, 3.63) is 41.5 Å². The summed E-state index contributed by atoms with van der Waals surface area (Å²) in [5.41, 5.74) is 3.41. The summed E-state index contributed by atoms with van der Waals surface area (Å²) < 4.78 is 22.2. The minimum absolute atomic E-state index is 0.211. The first-order valence-electron chi connectivity index (χ1n) is 9.10. The summed E-state index contributed by atoms with van der Waals surface area (Å²) in [5.74, 6) is 1.89. The lowest BCUT2D eigenvalue weighted by Crippen LogP contribution is -2.44. The SMILES string of the molecule is C[C@@H]1COCCN1c1cc(N=S(C)(C)=O)nc(-c2cccc3c2C=CC3)n1. The van der Waals surface area contributed by atoms with Gasteiger partial charge in [0.25, 0.3) is 0 Å². The summed E-state index contributed by atoms with van der Waals surface area (Å²) in [6.07, 6.45) is 8.44. The molecule has 0 N–H and O–H groups in total. The van der Waals surface area contributed by atoms with E-state index in [4.69, 9.17) is 9.72 Å². The molecular formula is C20H24N4O2S. The van der Waals surface area contributed by atoms with E-state index in [1.165, 1.54) is 5.56 Å². The van der Waals surface area contributed by atoms with Crippen LogP contribution in [-0.4, -0.2) is 52.5 Å². The van der Waals surface area contributed by atoms with Crippen LogP contribution in [0.15, 0.2) is 34.7 Å². The van der Waals surface area contributed by atoms with Crippen LogP contribution in [-0.2, 0) is 20.9 Å². The number of morpholine rings is 1. The smallest absolute Gasteiger partial charge is 0.167 e. The van der Waals surface area contributed by atoms with E-state index in [0.717, 1.165) is 29.9 Å². The molecule has 0 saturated carbocycles. The van der Waals surface area contributed by atoms with Crippen molar-refractivity contribution in [1.29, 1.82) is 0 Å². The third-order valence-corrected chi connectivity index (χ3v) is 5.36. The molecule has 0 radical (unpaired) electrons. The van der Waals surface area contributed by atoms with Gasteiger partial charge >= 0.3 is 0 Å². The van der Waals surface area contributed by atoms with Crippen molar-refractivity contribution in [3.63, 3.8) is 0 Å². The van der Waals surface area contributed by atoms with Crippen molar-refractivity contribution in [2.45, 2.75) is 19.4 Å². The molecule has 1 aliphatic carbocycles. The van der Waals surface area contributed by atoms with Gasteiger partial charge in [-0.05, 0) is 24.5 Å². The third kappa shape index (κ3) is 3.89. The molecule has 1 saturated heterocycles. The second kappa shape index (κ2) is 7.05. The zero-order valence-corrected chi connectivity index (χ0v) is 16.7. The van der Waals surface area contributed by atoms with Gasteiger partial charge < -0.3 is 9.64 Å². The summed E-state index contributed by atoms with van der Waals surface area (Å²) in [6.45, 7) is 4.20. The average molecular weight is 385 g/mol. The highest BCUT2D eigenvalue weighted by atomic mass is 32.2. The number of allylic oxidation sites excluding steroid dienone is 1. The summed E-state index contributed by atoms with van der Waals surface area (Å²) in [5, 5.41) is 0. The van der Waals surface area contributed by atoms with Crippen molar-refractivity contribution in [2.24, 2.45) is 4.36 Å². The van der Waals surface area contributed by atoms with Gasteiger partial charge in [0.05, 0.1) is 19.3 Å². The van der Waals surface area contributed by atoms with E-state index in [-0.39, 0.29) is 6.04 Å². The summed E-state index contributed by atoms with van der Waals surface area (Å²) in [7, 11) is -2.32. The van der Waals surface area contributed by atoms with Crippen LogP contribution >= 0.6 is 0 Å². The number of hydrogen-bond acceptors (Lipinski definition) is 6. The van der Waals surface area contributed by atoms with Gasteiger partial charge in [-0.2, -0.15) is 4.36 Å². The Morgan fingerprint density at radius 2 is 2.15 bits per heavy atom. The number of ether oxygens (including phenoxy) is 1. The molecule has 2 aromatic rings. The van der Waals surface area contributed by atoms with Crippen molar-refractivity contribution >= 4 is 27.4 Å². The Balaban J connectivity index is 1.88. The van der Waals surface area contributed by atoms with Crippen molar-refractivity contribution < 1.29 is 8.95 Å². The fraction of sp³-hybridized carbons (Fsp3) is 0.400. The molecule has 0 amide bonds. The molecule has 2 aliphatic rings. The number of hydrogen-bond donors (Lipinski definition) is 0. The second-order valence-electron chi connectivity index (χ2n) is 7.28. The van der Waals surface area contributed by atoms with Crippen LogP contribution < -0.4 is 4.90 Å². The van der Waals surface area contributed by atoms with Crippen LogP contribution in [0.1, 0.15) is 18.1 Å². The first-order chi connectivity index (χ1) is 12.9. The Morgan fingerprint density at radius 3 is 2.93 bits per heavy atom. The van der Waals surface area contributed by atoms with E-state index in [2.05, 4.69) is 39.4 Å². The van der Waals surface area contributed by atoms with Gasteiger partial charge in [-0.25, -0.2) is 14.2 Å². The van der Waals surface area contributed by atoms with E-state index in [1.807, 2.05) is 18.2 Å². The second-order valence-corrected chi connectivity index (χ2v) is 9.83. The number of anilines is 1. The standard InChI is InChI=1S/C20H24N4O2S/c1-14-13-26-11-10-24(14)19-12-18(23-27(2,3)25)21-20(22-19)17-9-5-7-15-6-4-8-16(15)17/h4-5,7-9,12,14H,6,10-11,13H2,1-3H3/t14-/m1/s1. The maximum absolute atomic E-state index is 12.3. The van der Waals surface area contributed by atoms with Gasteiger partial charge in [-0.3, -0.25) is 0 Å². The van der Waals surface area contributed by atoms with Crippen molar-refractivity contribution in [2.75, 3.05) is 37.2 Å². The number of aromatic nitrogens is 2. The summed E-state index contributed by atoms with van der Waals surface area (Å²) in [6, 6.07) is 8.24. The van der Waals surface area contributed by atoms with Crippen LogP contribution in [0.25, 0.3) is 17.5 Å². The van der Waals surface area contributed by atoms with Crippen molar-refractivity contribution in [1.82, 2.24) is 9.97 Å². The Morgan fingerprint density at radius 1 is 1.30 bits per heavy atom. The molecule has 1 fully saturated rings. The van der Waals surface area contributed by atoms with Gasteiger partial charge in [0.2, 0.25) is 0 Å². The first-order valence-corrected chi connectivity index (χ1v) is 11.4. The molecule has 0 spiro atoms. The first kappa shape index (κ1) is 18.1. The Bertz CT molecular complexity index is 1020. The van der Waals surface area contributed by atoms with E-state index in [0.29, 0.717) is 24.9 Å². The molecule has 4 rings (SSSR count). The molecule has 142 valence electrons. The number of rotatable bonds is 3. The van der Waals surface area contributed by atoms with E-state index in [1.54, 1.807) is 12.5 Å². The van der Waals surface area contributed by atoms with Crippen LogP contribution in [0.4, 0.5) is 11.6 Å². The van der Waals surface area contributed by atoms with Gasteiger partial charge in [0, 0.05) is 40.4 Å². The van der Waals surface area contributed by atoms with E-state index >= 15 is 0 Å². The number of benzene rings is 1. The molecule has 1 aliphatic heterocycles. The lowest BCUT2D eigenvalue weighted by atomic mass is 10.0. The quantitative estimate of drug-likeness (QED) is 0.812. The average Bonchev–Trinajstić information content (AvgIpc) is 3.09. The molecule has 0 bridgehead atoms. The molecule has 1 atom stereocenters. The predicted octanol–water partition coefficient (Wildman–Crippen LogP) is 3.30. The molecule has 1 aromatic carbocycles. The zero-order chi connectivity index (χ0) is 19.0. The van der Waals surface area contributed by atoms with E-state index in [9.17, 15) is 4.21 Å². The third-order valence-electron chi connectivity index (χ3n) is 4.73. The molecule has 27 heavy (non-hydrogen) atoms. The fourth-order valence-corrected chi connectivity index (χ4v) is 4.06. The summed E-state index contributed by atoms with van der Waals surface area (Å²) in [4.78, 5) is 11.7. The highest BCUT2D eigenvalue weighted by Crippen LogP contribution is 2.32. The fourth-order valence-electron chi connectivity index (χ4n) is 3.52. The zero-order valence-electron chi connectivity index (χ0n) is 15.9. The minimum Gasteiger partial charge on any atom is -0.377 e. The van der Waals surface area contributed by atoms with Crippen molar-refractivity contribution in [3.8, 4) is 11.4 Å². The molecule has 2 heterocycles. The minimum atomic E-state index is -2.32.